The van der Waals surface area contributed by atoms with Crippen molar-refractivity contribution < 1.29 is 9.90 Å². The van der Waals surface area contributed by atoms with Gasteiger partial charge in [-0.3, -0.25) is 4.90 Å². The second kappa shape index (κ2) is 5.09. The van der Waals surface area contributed by atoms with Crippen molar-refractivity contribution in [3.63, 3.8) is 0 Å². The van der Waals surface area contributed by atoms with Gasteiger partial charge in [0.25, 0.3) is 0 Å². The number of carbonyl (C=O) groups is 1. The van der Waals surface area contributed by atoms with Crippen molar-refractivity contribution in [2.45, 2.75) is 30.6 Å². The van der Waals surface area contributed by atoms with E-state index in [0.29, 0.717) is 5.82 Å². The van der Waals surface area contributed by atoms with E-state index in [-0.39, 0.29) is 0 Å². The number of hydrogen-bond acceptors (Lipinski definition) is 4. The fraction of sp³-hybridized carbons (Fsp3) is 0.556. The Morgan fingerprint density at radius 2 is 2.12 bits per heavy atom. The molecule has 0 aliphatic carbocycles. The molecule has 7 heteroatoms. The second-order valence-corrected chi connectivity index (χ2v) is 7.93. The van der Waals surface area contributed by atoms with Gasteiger partial charge in [0.05, 0.1) is 0 Å². The maximum Gasteiger partial charge on any atom is 0.413 e. The van der Waals surface area contributed by atoms with E-state index in [9.17, 15) is 9.90 Å². The molecule has 1 aromatic heterocycles. The van der Waals surface area contributed by atoms with E-state index in [1.165, 1.54) is 28.0 Å². The van der Waals surface area contributed by atoms with Gasteiger partial charge in [0.2, 0.25) is 0 Å². The van der Waals surface area contributed by atoms with Gasteiger partial charge in [-0.2, -0.15) is 0 Å². The van der Waals surface area contributed by atoms with Crippen molar-refractivity contribution >= 4 is 57.6 Å². The third kappa shape index (κ3) is 3.01. The number of carboxylic acid groups (broad SMARTS) is 1. The molecule has 0 atom stereocenters. The van der Waals surface area contributed by atoms with Crippen LogP contribution in [0.2, 0.25) is 0 Å². The summed E-state index contributed by atoms with van der Waals surface area (Å²) < 4.78 is 1.79. The number of thiazole rings is 1. The summed E-state index contributed by atoms with van der Waals surface area (Å²) in [4.78, 5) is 16.9. The van der Waals surface area contributed by atoms with E-state index in [0.717, 1.165) is 7.22 Å². The van der Waals surface area contributed by atoms with Crippen LogP contribution < -0.4 is 4.90 Å². The fourth-order valence-electron chi connectivity index (χ4n) is 1.20. The molecule has 1 amide bonds. The molecule has 16 heavy (non-hydrogen) atoms. The van der Waals surface area contributed by atoms with Crippen LogP contribution in [-0.2, 0) is 0 Å². The summed E-state index contributed by atoms with van der Waals surface area (Å²) in [5, 5.41) is 9.25. The van der Waals surface area contributed by atoms with E-state index in [1.54, 1.807) is 0 Å². The van der Waals surface area contributed by atoms with Crippen molar-refractivity contribution in [2.24, 2.45) is 0 Å². The summed E-state index contributed by atoms with van der Waals surface area (Å²) in [5.41, 5.74) is -0.491. The minimum Gasteiger partial charge on any atom is -0.465 e. The minimum absolute atomic E-state index is 0.491. The average molecular weight is 372 g/mol. The molecular formula is C9H13IN2O2S2. The number of amides is 1. The Morgan fingerprint density at radius 3 is 2.44 bits per heavy atom. The van der Waals surface area contributed by atoms with Crippen LogP contribution in [-0.4, -0.2) is 28.0 Å². The summed E-state index contributed by atoms with van der Waals surface area (Å²) in [6.45, 7) is 5.57. The van der Waals surface area contributed by atoms with Crippen molar-refractivity contribution in [1.82, 2.24) is 4.98 Å². The molecule has 0 saturated carbocycles. The fourth-order valence-corrected chi connectivity index (χ4v) is 3.91. The van der Waals surface area contributed by atoms with E-state index in [1.807, 2.05) is 27.0 Å². The van der Waals surface area contributed by atoms with Crippen molar-refractivity contribution in [3.8, 4) is 0 Å². The zero-order valence-electron chi connectivity index (χ0n) is 9.44. The van der Waals surface area contributed by atoms with Gasteiger partial charge < -0.3 is 5.11 Å². The van der Waals surface area contributed by atoms with Gasteiger partial charge in [-0.1, -0.05) is 23.1 Å². The van der Waals surface area contributed by atoms with Crippen molar-refractivity contribution in [1.29, 1.82) is 0 Å². The van der Waals surface area contributed by atoms with E-state index in [2.05, 4.69) is 27.6 Å². The third-order valence-corrected chi connectivity index (χ3v) is 4.76. The van der Waals surface area contributed by atoms with Gasteiger partial charge in [0.15, 0.2) is 10.2 Å². The molecule has 0 saturated heterocycles. The standard InChI is InChI=1S/C9H13IN2O2S2/c1-9(2,3)12(8(13)14)6-5(10)16-7(11-6)15-4/h1-4H3,(H,13,14). The molecule has 1 rings (SSSR count). The van der Waals surface area contributed by atoms with Gasteiger partial charge in [0.1, 0.15) is 2.88 Å². The molecule has 4 nitrogen and oxygen atoms in total. The summed E-state index contributed by atoms with van der Waals surface area (Å²) in [7, 11) is 0. The summed E-state index contributed by atoms with van der Waals surface area (Å²) in [6.07, 6.45) is 0.962. The first-order valence-electron chi connectivity index (χ1n) is 4.51. The largest absolute Gasteiger partial charge is 0.465 e. The quantitative estimate of drug-likeness (QED) is 0.635. The lowest BCUT2D eigenvalue weighted by atomic mass is 10.1. The SMILES string of the molecule is CSc1nc(N(C(=O)O)C(C)(C)C)c(I)s1. The first kappa shape index (κ1) is 14.0. The molecule has 1 heterocycles. The molecule has 0 unspecified atom stereocenters. The zero-order chi connectivity index (χ0) is 12.5. The first-order valence-corrected chi connectivity index (χ1v) is 7.63. The maximum atomic E-state index is 11.3. The number of aromatic nitrogens is 1. The van der Waals surface area contributed by atoms with Gasteiger partial charge in [-0.15, -0.1) is 0 Å². The number of halogens is 1. The normalized spacial score (nSPS) is 11.6. The van der Waals surface area contributed by atoms with Crippen LogP contribution in [0.15, 0.2) is 4.34 Å². The predicted octanol–water partition coefficient (Wildman–Crippen LogP) is 3.75. The van der Waals surface area contributed by atoms with Crippen LogP contribution >= 0.6 is 45.7 Å². The second-order valence-electron chi connectivity index (χ2n) is 4.07. The third-order valence-electron chi connectivity index (χ3n) is 1.80. The lowest BCUT2D eigenvalue weighted by molar-refractivity contribution is 0.195. The van der Waals surface area contributed by atoms with Crippen LogP contribution in [0.4, 0.5) is 10.6 Å². The Bertz CT molecular complexity index is 401. The molecular weight excluding hydrogens is 359 g/mol. The Kier molecular flexibility index (Phi) is 4.47. The van der Waals surface area contributed by atoms with E-state index >= 15 is 0 Å². The number of hydrogen-bond donors (Lipinski definition) is 1. The van der Waals surface area contributed by atoms with Gasteiger partial charge >= 0.3 is 6.09 Å². The van der Waals surface area contributed by atoms with E-state index in [4.69, 9.17) is 0 Å². The Labute approximate surface area is 117 Å². The molecule has 0 aliphatic heterocycles. The Morgan fingerprint density at radius 1 is 1.56 bits per heavy atom. The van der Waals surface area contributed by atoms with Gasteiger partial charge in [0, 0.05) is 5.54 Å². The van der Waals surface area contributed by atoms with Gasteiger partial charge in [-0.05, 0) is 49.6 Å². The monoisotopic (exact) mass is 372 g/mol. The molecule has 1 aromatic rings. The average Bonchev–Trinajstić information content (AvgIpc) is 2.44. The first-order chi connectivity index (χ1) is 7.27. The van der Waals surface area contributed by atoms with Crippen LogP contribution in [0.25, 0.3) is 0 Å². The molecule has 0 fully saturated rings. The lowest BCUT2D eigenvalue weighted by Gasteiger charge is -2.31. The topological polar surface area (TPSA) is 53.4 Å². The molecule has 0 bridgehead atoms. The Balaban J connectivity index is 3.21. The van der Waals surface area contributed by atoms with Crippen molar-refractivity contribution in [2.75, 3.05) is 11.2 Å². The number of anilines is 1. The molecule has 0 aliphatic rings. The molecule has 0 spiro atoms. The molecule has 90 valence electrons. The smallest absolute Gasteiger partial charge is 0.413 e. The minimum atomic E-state index is -0.969. The van der Waals surface area contributed by atoms with Crippen molar-refractivity contribution in [3.05, 3.63) is 2.88 Å². The number of thioether (sulfide) groups is 1. The summed E-state index contributed by atoms with van der Waals surface area (Å²) in [6, 6.07) is 0. The van der Waals surface area contributed by atoms with E-state index < -0.39 is 11.6 Å². The van der Waals surface area contributed by atoms with Crippen LogP contribution in [0.5, 0.6) is 0 Å². The highest BCUT2D eigenvalue weighted by molar-refractivity contribution is 14.1. The zero-order valence-corrected chi connectivity index (χ0v) is 13.2. The maximum absolute atomic E-state index is 11.3. The highest BCUT2D eigenvalue weighted by atomic mass is 127. The van der Waals surface area contributed by atoms with Crippen LogP contribution in [0.3, 0.4) is 0 Å². The highest BCUT2D eigenvalue weighted by Gasteiger charge is 2.31. The molecule has 1 N–H and O–H groups in total. The lowest BCUT2D eigenvalue weighted by Crippen LogP contribution is -2.45. The van der Waals surface area contributed by atoms with Crippen LogP contribution in [0.1, 0.15) is 20.8 Å². The highest BCUT2D eigenvalue weighted by Crippen LogP contribution is 2.35. The Hall–Kier alpha value is -0.0200. The summed E-state index contributed by atoms with van der Waals surface area (Å²) >= 11 is 5.17. The predicted molar refractivity (Wildman–Crippen MR) is 76.9 cm³/mol. The summed E-state index contributed by atoms with van der Waals surface area (Å²) in [5.74, 6) is 0.537. The van der Waals surface area contributed by atoms with Crippen LogP contribution in [0, 0.1) is 2.88 Å². The molecule has 0 radical (unpaired) electrons. The molecule has 0 aromatic carbocycles. The van der Waals surface area contributed by atoms with Gasteiger partial charge in [-0.25, -0.2) is 9.78 Å². The number of rotatable bonds is 2. The number of nitrogens with zero attached hydrogens (tertiary/aromatic N) is 2.